The smallest absolute Gasteiger partial charge is 0.230 e. The standard InChI is InChI=1S/C17H20ClN3OS/c18-15-8-4-1-5-13(15)11-21-10-9-19-17(21)23-12-16(22)20-14-6-2-3-7-14/h1,4-5,8-10,14H,2-3,6-7,11-12H2,(H,20,22). The van der Waals surface area contributed by atoms with Crippen molar-refractivity contribution in [3.8, 4) is 0 Å². The van der Waals surface area contributed by atoms with Crippen molar-refractivity contribution in [3.63, 3.8) is 0 Å². The molecule has 1 aromatic heterocycles. The Hall–Kier alpha value is -1.46. The number of nitrogens with one attached hydrogen (secondary N) is 1. The maximum Gasteiger partial charge on any atom is 0.230 e. The average molecular weight is 350 g/mol. The second-order valence-electron chi connectivity index (χ2n) is 5.77. The predicted octanol–water partition coefficient (Wildman–Crippen LogP) is 3.74. The molecule has 2 aromatic rings. The van der Waals surface area contributed by atoms with Crippen LogP contribution in [0.2, 0.25) is 5.02 Å². The zero-order valence-electron chi connectivity index (χ0n) is 12.9. The number of benzene rings is 1. The third-order valence-corrected chi connectivity index (χ3v) is 5.40. The molecule has 0 aliphatic heterocycles. The Balaban J connectivity index is 1.56. The number of amides is 1. The van der Waals surface area contributed by atoms with E-state index in [-0.39, 0.29) is 5.91 Å². The molecule has 0 saturated heterocycles. The monoisotopic (exact) mass is 349 g/mol. The molecule has 1 aliphatic rings. The Morgan fingerprint density at radius 3 is 2.91 bits per heavy atom. The molecule has 0 radical (unpaired) electrons. The van der Waals surface area contributed by atoms with Crippen molar-refractivity contribution >= 4 is 29.3 Å². The van der Waals surface area contributed by atoms with Gasteiger partial charge < -0.3 is 9.88 Å². The van der Waals surface area contributed by atoms with Crippen molar-refractivity contribution in [1.29, 1.82) is 0 Å². The van der Waals surface area contributed by atoms with E-state index < -0.39 is 0 Å². The van der Waals surface area contributed by atoms with Crippen LogP contribution >= 0.6 is 23.4 Å². The first-order chi connectivity index (χ1) is 11.2. The number of thioether (sulfide) groups is 1. The SMILES string of the molecule is O=C(CSc1nccn1Cc1ccccc1Cl)NC1CCCC1. The predicted molar refractivity (Wildman–Crippen MR) is 93.9 cm³/mol. The number of imidazole rings is 1. The minimum Gasteiger partial charge on any atom is -0.353 e. The van der Waals surface area contributed by atoms with E-state index in [0.29, 0.717) is 18.3 Å². The highest BCUT2D eigenvalue weighted by atomic mass is 35.5. The lowest BCUT2D eigenvalue weighted by Crippen LogP contribution is -2.33. The molecule has 0 spiro atoms. The fraction of sp³-hybridized carbons (Fsp3) is 0.412. The van der Waals surface area contributed by atoms with Crippen LogP contribution in [0.5, 0.6) is 0 Å². The summed E-state index contributed by atoms with van der Waals surface area (Å²) in [6.07, 6.45) is 8.34. The molecule has 1 fully saturated rings. The molecule has 0 bridgehead atoms. The van der Waals surface area contributed by atoms with E-state index in [4.69, 9.17) is 11.6 Å². The topological polar surface area (TPSA) is 46.9 Å². The van der Waals surface area contributed by atoms with Crippen LogP contribution in [0.3, 0.4) is 0 Å². The second-order valence-corrected chi connectivity index (χ2v) is 7.12. The molecule has 4 nitrogen and oxygen atoms in total. The highest BCUT2D eigenvalue weighted by Crippen LogP contribution is 2.21. The zero-order valence-corrected chi connectivity index (χ0v) is 14.4. The van der Waals surface area contributed by atoms with Crippen LogP contribution < -0.4 is 5.32 Å². The highest BCUT2D eigenvalue weighted by molar-refractivity contribution is 7.99. The molecular formula is C17H20ClN3OS. The van der Waals surface area contributed by atoms with Crippen LogP contribution in [0.15, 0.2) is 41.8 Å². The van der Waals surface area contributed by atoms with Gasteiger partial charge in [0, 0.05) is 23.5 Å². The summed E-state index contributed by atoms with van der Waals surface area (Å²) < 4.78 is 2.02. The van der Waals surface area contributed by atoms with Crippen molar-refractivity contribution in [3.05, 3.63) is 47.2 Å². The summed E-state index contributed by atoms with van der Waals surface area (Å²) in [4.78, 5) is 16.4. The Morgan fingerprint density at radius 1 is 1.35 bits per heavy atom. The minimum absolute atomic E-state index is 0.0918. The number of carbonyl (C=O) groups is 1. The van der Waals surface area contributed by atoms with Crippen LogP contribution in [-0.2, 0) is 11.3 Å². The zero-order chi connectivity index (χ0) is 16.1. The lowest BCUT2D eigenvalue weighted by molar-refractivity contribution is -0.119. The first-order valence-electron chi connectivity index (χ1n) is 7.89. The summed E-state index contributed by atoms with van der Waals surface area (Å²) in [5.41, 5.74) is 1.05. The van der Waals surface area contributed by atoms with Gasteiger partial charge in [-0.2, -0.15) is 0 Å². The Bertz CT molecular complexity index is 667. The number of hydrogen-bond acceptors (Lipinski definition) is 3. The summed E-state index contributed by atoms with van der Waals surface area (Å²) in [6, 6.07) is 8.15. The van der Waals surface area contributed by atoms with Gasteiger partial charge in [-0.15, -0.1) is 0 Å². The Morgan fingerprint density at radius 2 is 2.13 bits per heavy atom. The van der Waals surface area contributed by atoms with Gasteiger partial charge in [0.15, 0.2) is 5.16 Å². The van der Waals surface area contributed by atoms with Crippen LogP contribution in [-0.4, -0.2) is 27.3 Å². The van der Waals surface area contributed by atoms with Crippen LogP contribution in [0, 0.1) is 0 Å². The van der Waals surface area contributed by atoms with Crippen molar-refractivity contribution in [2.24, 2.45) is 0 Å². The molecular weight excluding hydrogens is 330 g/mol. The molecule has 1 amide bonds. The van der Waals surface area contributed by atoms with Crippen molar-refractivity contribution in [2.45, 2.75) is 43.4 Å². The van der Waals surface area contributed by atoms with Gasteiger partial charge in [-0.25, -0.2) is 4.98 Å². The number of hydrogen-bond donors (Lipinski definition) is 1. The van der Waals surface area contributed by atoms with E-state index in [9.17, 15) is 4.79 Å². The first-order valence-corrected chi connectivity index (χ1v) is 9.25. The quantitative estimate of drug-likeness (QED) is 0.808. The van der Waals surface area contributed by atoms with Gasteiger partial charge in [0.1, 0.15) is 0 Å². The number of rotatable bonds is 6. The van der Waals surface area contributed by atoms with Gasteiger partial charge in [0.25, 0.3) is 0 Å². The highest BCUT2D eigenvalue weighted by Gasteiger charge is 2.17. The Labute approximate surface area is 145 Å². The van der Waals surface area contributed by atoms with Gasteiger partial charge in [-0.3, -0.25) is 4.79 Å². The van der Waals surface area contributed by atoms with E-state index in [1.807, 2.05) is 35.0 Å². The second kappa shape index (κ2) is 7.88. The molecule has 3 rings (SSSR count). The Kier molecular flexibility index (Phi) is 5.62. The van der Waals surface area contributed by atoms with Crippen molar-refractivity contribution in [1.82, 2.24) is 14.9 Å². The van der Waals surface area contributed by atoms with Crippen molar-refractivity contribution < 1.29 is 4.79 Å². The number of aromatic nitrogens is 2. The molecule has 1 N–H and O–H groups in total. The molecule has 1 aromatic carbocycles. The summed E-state index contributed by atoms with van der Waals surface area (Å²) in [5.74, 6) is 0.491. The summed E-state index contributed by atoms with van der Waals surface area (Å²) in [6.45, 7) is 0.659. The van der Waals surface area contributed by atoms with E-state index in [1.165, 1.54) is 24.6 Å². The van der Waals surface area contributed by atoms with Gasteiger partial charge in [0.2, 0.25) is 5.91 Å². The molecule has 1 saturated carbocycles. The number of carbonyl (C=O) groups excluding carboxylic acids is 1. The van der Waals surface area contributed by atoms with E-state index in [2.05, 4.69) is 10.3 Å². The van der Waals surface area contributed by atoms with E-state index in [0.717, 1.165) is 28.6 Å². The molecule has 6 heteroatoms. The largest absolute Gasteiger partial charge is 0.353 e. The van der Waals surface area contributed by atoms with Crippen molar-refractivity contribution in [2.75, 3.05) is 5.75 Å². The number of nitrogens with zero attached hydrogens (tertiary/aromatic N) is 2. The van der Waals surface area contributed by atoms with Crippen LogP contribution in [0.4, 0.5) is 0 Å². The van der Waals surface area contributed by atoms with Gasteiger partial charge in [-0.1, -0.05) is 54.4 Å². The molecule has 122 valence electrons. The summed E-state index contributed by atoms with van der Waals surface area (Å²) in [5, 5.41) is 4.69. The normalized spacial score (nSPS) is 15.0. The minimum atomic E-state index is 0.0918. The molecule has 0 unspecified atom stereocenters. The maximum absolute atomic E-state index is 12.0. The van der Waals surface area contributed by atoms with Gasteiger partial charge >= 0.3 is 0 Å². The fourth-order valence-corrected chi connectivity index (χ4v) is 3.80. The third kappa shape index (κ3) is 4.52. The molecule has 1 aliphatic carbocycles. The van der Waals surface area contributed by atoms with Crippen LogP contribution in [0.25, 0.3) is 0 Å². The lowest BCUT2D eigenvalue weighted by Gasteiger charge is -2.12. The van der Waals surface area contributed by atoms with Gasteiger partial charge in [-0.05, 0) is 24.5 Å². The summed E-state index contributed by atoms with van der Waals surface area (Å²) >= 11 is 7.68. The lowest BCUT2D eigenvalue weighted by atomic mass is 10.2. The van der Waals surface area contributed by atoms with E-state index >= 15 is 0 Å². The first kappa shape index (κ1) is 16.4. The van der Waals surface area contributed by atoms with Gasteiger partial charge in [0.05, 0.1) is 12.3 Å². The molecule has 23 heavy (non-hydrogen) atoms. The summed E-state index contributed by atoms with van der Waals surface area (Å²) in [7, 11) is 0. The fourth-order valence-electron chi connectivity index (χ4n) is 2.84. The maximum atomic E-state index is 12.0. The average Bonchev–Trinajstić information content (AvgIpc) is 3.19. The third-order valence-electron chi connectivity index (χ3n) is 4.03. The number of halogens is 1. The molecule has 1 heterocycles. The molecule has 0 atom stereocenters. The van der Waals surface area contributed by atoms with E-state index in [1.54, 1.807) is 6.20 Å². The van der Waals surface area contributed by atoms with Crippen LogP contribution in [0.1, 0.15) is 31.2 Å².